The lowest BCUT2D eigenvalue weighted by Gasteiger charge is -2.09. The van der Waals surface area contributed by atoms with E-state index in [4.69, 9.17) is 5.73 Å². The largest absolute Gasteiger partial charge is 0.366 e. The number of imidazole rings is 1. The predicted molar refractivity (Wildman–Crippen MR) is 66.1 cm³/mol. The van der Waals surface area contributed by atoms with Crippen molar-refractivity contribution in [2.75, 3.05) is 0 Å². The van der Waals surface area contributed by atoms with Crippen LogP contribution < -0.4 is 5.73 Å². The third-order valence-corrected chi connectivity index (χ3v) is 2.68. The zero-order chi connectivity index (χ0) is 12.3. The molecule has 17 heavy (non-hydrogen) atoms. The molecular formula is C13H15N3O. The zero-order valence-corrected chi connectivity index (χ0v) is 9.76. The van der Waals surface area contributed by atoms with Gasteiger partial charge in [-0.15, -0.1) is 0 Å². The molecule has 0 aliphatic carbocycles. The minimum atomic E-state index is -0.370. The molecule has 0 fully saturated rings. The normalized spacial score (nSPS) is 10.4. The Kier molecular flexibility index (Phi) is 3.23. The average molecular weight is 229 g/mol. The fourth-order valence-corrected chi connectivity index (χ4v) is 1.87. The third-order valence-electron chi connectivity index (χ3n) is 2.68. The first-order valence-electron chi connectivity index (χ1n) is 5.63. The summed E-state index contributed by atoms with van der Waals surface area (Å²) in [5, 5.41) is 0. The van der Waals surface area contributed by atoms with Gasteiger partial charge in [0.15, 0.2) is 0 Å². The van der Waals surface area contributed by atoms with Crippen LogP contribution in [-0.4, -0.2) is 15.5 Å². The molecule has 4 nitrogen and oxygen atoms in total. The number of aryl methyl sites for hydroxylation is 1. The van der Waals surface area contributed by atoms with Gasteiger partial charge in [-0.05, 0) is 30.2 Å². The van der Waals surface area contributed by atoms with E-state index >= 15 is 0 Å². The van der Waals surface area contributed by atoms with Crippen LogP contribution in [0.3, 0.4) is 0 Å². The van der Waals surface area contributed by atoms with Gasteiger partial charge in [0, 0.05) is 23.6 Å². The van der Waals surface area contributed by atoms with Gasteiger partial charge < -0.3 is 10.3 Å². The quantitative estimate of drug-likeness (QED) is 0.870. The summed E-state index contributed by atoms with van der Waals surface area (Å²) in [6.07, 6.45) is 7.15. The molecule has 0 atom stereocenters. The number of rotatable bonds is 4. The summed E-state index contributed by atoms with van der Waals surface area (Å²) in [5.74, 6) is -0.370. The van der Waals surface area contributed by atoms with Crippen molar-refractivity contribution in [3.05, 3.63) is 48.0 Å². The number of amides is 1. The number of nitrogens with zero attached hydrogens (tertiary/aromatic N) is 2. The van der Waals surface area contributed by atoms with Gasteiger partial charge in [0.2, 0.25) is 5.91 Å². The summed E-state index contributed by atoms with van der Waals surface area (Å²) in [7, 11) is 0. The third kappa shape index (κ3) is 2.36. The summed E-state index contributed by atoms with van der Waals surface area (Å²) < 4.78 is 1.91. The van der Waals surface area contributed by atoms with Crippen molar-refractivity contribution in [3.8, 4) is 5.69 Å². The van der Waals surface area contributed by atoms with E-state index in [9.17, 15) is 4.79 Å². The van der Waals surface area contributed by atoms with Crippen LogP contribution in [0.5, 0.6) is 0 Å². The van der Waals surface area contributed by atoms with Gasteiger partial charge in [-0.3, -0.25) is 4.79 Å². The molecule has 1 aromatic carbocycles. The van der Waals surface area contributed by atoms with Crippen LogP contribution in [0.1, 0.15) is 29.3 Å². The standard InChI is InChI=1S/C13H15N3O/c1-2-3-10-8-11(16-7-6-15-9-16)4-5-12(10)13(14)17/h4-9H,2-3H2,1H3,(H2,14,17). The van der Waals surface area contributed by atoms with Crippen LogP contribution in [0, 0.1) is 0 Å². The van der Waals surface area contributed by atoms with Gasteiger partial charge in [-0.2, -0.15) is 0 Å². The fourth-order valence-electron chi connectivity index (χ4n) is 1.87. The highest BCUT2D eigenvalue weighted by Gasteiger charge is 2.08. The molecule has 1 amide bonds. The molecule has 0 saturated carbocycles. The molecule has 88 valence electrons. The predicted octanol–water partition coefficient (Wildman–Crippen LogP) is 1.92. The monoisotopic (exact) mass is 229 g/mol. The number of primary amides is 1. The van der Waals surface area contributed by atoms with Crippen LogP contribution in [-0.2, 0) is 6.42 Å². The van der Waals surface area contributed by atoms with Gasteiger partial charge in [0.1, 0.15) is 0 Å². The van der Waals surface area contributed by atoms with Crippen LogP contribution in [0.2, 0.25) is 0 Å². The van der Waals surface area contributed by atoms with E-state index in [1.165, 1.54) is 0 Å². The van der Waals surface area contributed by atoms with Crippen LogP contribution >= 0.6 is 0 Å². The van der Waals surface area contributed by atoms with Gasteiger partial charge in [-0.1, -0.05) is 13.3 Å². The van der Waals surface area contributed by atoms with E-state index < -0.39 is 0 Å². The molecule has 0 aliphatic heterocycles. The van der Waals surface area contributed by atoms with E-state index in [1.807, 2.05) is 22.9 Å². The Bertz CT molecular complexity index is 517. The minimum Gasteiger partial charge on any atom is -0.366 e. The van der Waals surface area contributed by atoms with Crippen LogP contribution in [0.25, 0.3) is 5.69 Å². The first kappa shape index (κ1) is 11.4. The molecule has 1 heterocycles. The van der Waals surface area contributed by atoms with Crippen molar-refractivity contribution < 1.29 is 4.79 Å². The van der Waals surface area contributed by atoms with Gasteiger partial charge in [0.05, 0.1) is 6.33 Å². The van der Waals surface area contributed by atoms with E-state index in [2.05, 4.69) is 11.9 Å². The smallest absolute Gasteiger partial charge is 0.248 e. The molecule has 1 aromatic heterocycles. The maximum atomic E-state index is 11.3. The van der Waals surface area contributed by atoms with Crippen LogP contribution in [0.4, 0.5) is 0 Å². The highest BCUT2D eigenvalue weighted by molar-refractivity contribution is 5.94. The second-order valence-electron chi connectivity index (χ2n) is 3.93. The minimum absolute atomic E-state index is 0.370. The lowest BCUT2D eigenvalue weighted by molar-refractivity contribution is 0.0999. The van der Waals surface area contributed by atoms with Crippen molar-refractivity contribution in [2.24, 2.45) is 5.73 Å². The Labute approximate surface area is 100 Å². The molecule has 0 unspecified atom stereocenters. The van der Waals surface area contributed by atoms with E-state index in [-0.39, 0.29) is 5.91 Å². The second kappa shape index (κ2) is 4.82. The number of nitrogens with two attached hydrogens (primary N) is 1. The molecule has 0 aliphatic rings. The van der Waals surface area contributed by atoms with E-state index in [0.717, 1.165) is 24.1 Å². The number of hydrogen-bond acceptors (Lipinski definition) is 2. The number of carbonyl (C=O) groups is 1. The Balaban J connectivity index is 2.45. The Morgan fingerprint density at radius 1 is 1.47 bits per heavy atom. The van der Waals surface area contributed by atoms with E-state index in [1.54, 1.807) is 18.6 Å². The molecule has 2 rings (SSSR count). The van der Waals surface area contributed by atoms with Gasteiger partial charge >= 0.3 is 0 Å². The summed E-state index contributed by atoms with van der Waals surface area (Å²) in [5.41, 5.74) is 7.95. The van der Waals surface area contributed by atoms with Crippen molar-refractivity contribution in [1.29, 1.82) is 0 Å². The number of hydrogen-bond donors (Lipinski definition) is 1. The van der Waals surface area contributed by atoms with Gasteiger partial charge in [-0.25, -0.2) is 4.98 Å². The van der Waals surface area contributed by atoms with Gasteiger partial charge in [0.25, 0.3) is 0 Å². The zero-order valence-electron chi connectivity index (χ0n) is 9.76. The topological polar surface area (TPSA) is 60.9 Å². The first-order chi connectivity index (χ1) is 8.22. The average Bonchev–Trinajstić information content (AvgIpc) is 2.82. The molecule has 0 spiro atoms. The lowest BCUT2D eigenvalue weighted by atomic mass is 10.0. The Hall–Kier alpha value is -2.10. The SMILES string of the molecule is CCCc1cc(-n2ccnc2)ccc1C(N)=O. The number of carbonyl (C=O) groups excluding carboxylic acids is 1. The maximum Gasteiger partial charge on any atom is 0.248 e. The number of aromatic nitrogens is 2. The first-order valence-corrected chi connectivity index (χ1v) is 5.63. The van der Waals surface area contributed by atoms with Crippen molar-refractivity contribution in [1.82, 2.24) is 9.55 Å². The maximum absolute atomic E-state index is 11.3. The second-order valence-corrected chi connectivity index (χ2v) is 3.93. The van der Waals surface area contributed by atoms with Crippen molar-refractivity contribution in [3.63, 3.8) is 0 Å². The molecule has 2 N–H and O–H groups in total. The highest BCUT2D eigenvalue weighted by Crippen LogP contribution is 2.16. The molecule has 0 saturated heterocycles. The molecule has 2 aromatic rings. The van der Waals surface area contributed by atoms with Crippen molar-refractivity contribution >= 4 is 5.91 Å². The molecule has 0 bridgehead atoms. The summed E-state index contributed by atoms with van der Waals surface area (Å²) in [4.78, 5) is 15.3. The van der Waals surface area contributed by atoms with Crippen molar-refractivity contribution in [2.45, 2.75) is 19.8 Å². The summed E-state index contributed by atoms with van der Waals surface area (Å²) in [6, 6.07) is 5.65. The molecular weight excluding hydrogens is 214 g/mol. The van der Waals surface area contributed by atoms with Crippen LogP contribution in [0.15, 0.2) is 36.9 Å². The summed E-state index contributed by atoms with van der Waals surface area (Å²) in [6.45, 7) is 2.08. The molecule has 0 radical (unpaired) electrons. The fraction of sp³-hybridized carbons (Fsp3) is 0.231. The molecule has 4 heteroatoms. The Morgan fingerprint density at radius 2 is 2.29 bits per heavy atom. The highest BCUT2D eigenvalue weighted by atomic mass is 16.1. The number of benzene rings is 1. The van der Waals surface area contributed by atoms with E-state index in [0.29, 0.717) is 5.56 Å². The Morgan fingerprint density at radius 3 is 2.88 bits per heavy atom. The lowest BCUT2D eigenvalue weighted by Crippen LogP contribution is -2.14. The summed E-state index contributed by atoms with van der Waals surface area (Å²) >= 11 is 0.